The van der Waals surface area contributed by atoms with Gasteiger partial charge in [-0.2, -0.15) is 5.01 Å². The highest BCUT2D eigenvalue weighted by molar-refractivity contribution is 5.93. The summed E-state index contributed by atoms with van der Waals surface area (Å²) < 4.78 is 15.8. The van der Waals surface area contributed by atoms with Crippen molar-refractivity contribution >= 4 is 18.2 Å². The number of amidine groups is 1. The molecule has 0 aromatic rings. The largest absolute Gasteiger partial charge is 0.464 e. The van der Waals surface area contributed by atoms with E-state index in [2.05, 4.69) is 5.10 Å². The van der Waals surface area contributed by atoms with E-state index in [1.165, 1.54) is 16.3 Å². The van der Waals surface area contributed by atoms with Crippen molar-refractivity contribution in [2.45, 2.75) is 59.0 Å². The van der Waals surface area contributed by atoms with Gasteiger partial charge in [-0.15, -0.1) is 5.10 Å². The summed E-state index contributed by atoms with van der Waals surface area (Å²) in [5.41, 5.74) is 0. The smallest absolute Gasteiger partial charge is 0.432 e. The minimum atomic E-state index is -0.572. The van der Waals surface area contributed by atoms with Crippen LogP contribution < -0.4 is 0 Å². The molecule has 2 aliphatic rings. The van der Waals surface area contributed by atoms with Crippen molar-refractivity contribution in [3.63, 3.8) is 0 Å². The van der Waals surface area contributed by atoms with Gasteiger partial charge in [-0.3, -0.25) is 0 Å². The maximum Gasteiger partial charge on any atom is 0.432 e. The molecule has 8 heteroatoms. The van der Waals surface area contributed by atoms with Crippen LogP contribution in [-0.2, 0) is 14.2 Å². The number of hydrogen-bond donors (Lipinski definition) is 0. The maximum absolute atomic E-state index is 12.5. The Kier molecular flexibility index (Phi) is 6.69. The fraction of sp³-hybridized carbons (Fsp3) is 0.812. The Bertz CT molecular complexity index is 476. The summed E-state index contributed by atoms with van der Waals surface area (Å²) >= 11 is 0. The van der Waals surface area contributed by atoms with Crippen molar-refractivity contribution in [3.8, 4) is 0 Å². The lowest BCUT2D eigenvalue weighted by Crippen LogP contribution is -2.52. The maximum atomic E-state index is 12.5. The predicted molar refractivity (Wildman–Crippen MR) is 87.1 cm³/mol. The van der Waals surface area contributed by atoms with Crippen LogP contribution in [0.5, 0.6) is 0 Å². The van der Waals surface area contributed by atoms with E-state index in [-0.39, 0.29) is 25.2 Å². The molecule has 1 atom stereocenters. The Hall–Kier alpha value is -1.99. The van der Waals surface area contributed by atoms with E-state index in [1.807, 2.05) is 0 Å². The van der Waals surface area contributed by atoms with Crippen LogP contribution in [0.2, 0.25) is 0 Å². The molecular formula is C16H27N3O5. The van der Waals surface area contributed by atoms with Crippen LogP contribution in [0.3, 0.4) is 0 Å². The summed E-state index contributed by atoms with van der Waals surface area (Å²) in [6.07, 6.45) is 3.48. The van der Waals surface area contributed by atoms with Gasteiger partial charge in [-0.05, 0) is 33.6 Å². The molecule has 2 rings (SSSR count). The molecule has 1 saturated carbocycles. The van der Waals surface area contributed by atoms with Gasteiger partial charge in [-0.1, -0.05) is 19.3 Å². The van der Waals surface area contributed by atoms with Crippen molar-refractivity contribution < 1.29 is 23.8 Å². The lowest BCUT2D eigenvalue weighted by molar-refractivity contribution is 0.0290. The number of nitrogens with zero attached hydrogens (tertiary/aromatic N) is 3. The standard InChI is InChI=1S/C16H27N3O5/c1-4-22-14-17-19(16(21)24-6-3)13(12-10-8-7-9-11-12)18(14)15(20)23-5-2/h12-13H,4-11H2,1-3H3. The van der Waals surface area contributed by atoms with Crippen LogP contribution in [0.25, 0.3) is 0 Å². The van der Waals surface area contributed by atoms with Gasteiger partial charge in [0.25, 0.3) is 0 Å². The first-order valence-electron chi connectivity index (χ1n) is 8.77. The van der Waals surface area contributed by atoms with E-state index >= 15 is 0 Å². The predicted octanol–water partition coefficient (Wildman–Crippen LogP) is 3.13. The van der Waals surface area contributed by atoms with Crippen LogP contribution in [0.1, 0.15) is 52.9 Å². The monoisotopic (exact) mass is 341 g/mol. The zero-order valence-electron chi connectivity index (χ0n) is 14.7. The molecule has 0 aromatic carbocycles. The lowest BCUT2D eigenvalue weighted by Gasteiger charge is -2.35. The van der Waals surface area contributed by atoms with Crippen molar-refractivity contribution in [1.29, 1.82) is 0 Å². The van der Waals surface area contributed by atoms with Gasteiger partial charge in [0.15, 0.2) is 0 Å². The quantitative estimate of drug-likeness (QED) is 0.785. The first-order valence-corrected chi connectivity index (χ1v) is 8.77. The molecular weight excluding hydrogens is 314 g/mol. The van der Waals surface area contributed by atoms with Gasteiger partial charge in [0, 0.05) is 5.92 Å². The van der Waals surface area contributed by atoms with E-state index in [4.69, 9.17) is 14.2 Å². The second-order valence-corrected chi connectivity index (χ2v) is 5.74. The Morgan fingerprint density at radius 2 is 1.62 bits per heavy atom. The summed E-state index contributed by atoms with van der Waals surface area (Å²) in [5, 5.41) is 5.45. The van der Waals surface area contributed by atoms with Gasteiger partial charge < -0.3 is 14.2 Å². The first-order chi connectivity index (χ1) is 11.6. The third kappa shape index (κ3) is 3.91. The van der Waals surface area contributed by atoms with Gasteiger partial charge in [0.1, 0.15) is 6.17 Å². The number of amides is 2. The van der Waals surface area contributed by atoms with Crippen molar-refractivity contribution in [2.24, 2.45) is 11.0 Å². The highest BCUT2D eigenvalue weighted by Crippen LogP contribution is 2.34. The van der Waals surface area contributed by atoms with Crippen molar-refractivity contribution in [1.82, 2.24) is 9.91 Å². The third-order valence-corrected chi connectivity index (χ3v) is 4.18. The topological polar surface area (TPSA) is 80.7 Å². The van der Waals surface area contributed by atoms with Gasteiger partial charge in [0.2, 0.25) is 0 Å². The SMILES string of the molecule is CCOC(=O)N1N=C(OCC)N(C(=O)OCC)C1C1CCCCC1. The number of hydrazone groups is 1. The van der Waals surface area contributed by atoms with E-state index in [1.54, 1.807) is 20.8 Å². The number of ether oxygens (including phenoxy) is 3. The molecule has 0 N–H and O–H groups in total. The molecule has 24 heavy (non-hydrogen) atoms. The van der Waals surface area contributed by atoms with E-state index in [0.29, 0.717) is 6.61 Å². The average molecular weight is 341 g/mol. The van der Waals surface area contributed by atoms with Crippen molar-refractivity contribution in [3.05, 3.63) is 0 Å². The van der Waals surface area contributed by atoms with Gasteiger partial charge >= 0.3 is 18.2 Å². The minimum absolute atomic E-state index is 0.0968. The molecule has 136 valence electrons. The van der Waals surface area contributed by atoms with Gasteiger partial charge in [0.05, 0.1) is 19.8 Å². The second kappa shape index (κ2) is 8.75. The zero-order chi connectivity index (χ0) is 17.5. The second-order valence-electron chi connectivity index (χ2n) is 5.74. The molecule has 0 radical (unpaired) electrons. The van der Waals surface area contributed by atoms with Crippen LogP contribution >= 0.6 is 0 Å². The summed E-state index contributed by atoms with van der Waals surface area (Å²) in [5.74, 6) is 0.120. The fourth-order valence-electron chi connectivity index (χ4n) is 3.21. The molecule has 1 heterocycles. The van der Waals surface area contributed by atoms with E-state index in [0.717, 1.165) is 25.7 Å². The van der Waals surface area contributed by atoms with Gasteiger partial charge in [-0.25, -0.2) is 14.5 Å². The number of hydrogen-bond acceptors (Lipinski definition) is 6. The van der Waals surface area contributed by atoms with Crippen LogP contribution in [0, 0.1) is 5.92 Å². The summed E-state index contributed by atoms with van der Waals surface area (Å²) in [4.78, 5) is 26.2. The molecule has 0 spiro atoms. The number of rotatable bonds is 4. The Balaban J connectivity index is 2.31. The Labute approximate surface area is 142 Å². The molecule has 1 unspecified atom stereocenters. The third-order valence-electron chi connectivity index (χ3n) is 4.18. The highest BCUT2D eigenvalue weighted by atomic mass is 16.6. The van der Waals surface area contributed by atoms with Crippen molar-refractivity contribution in [2.75, 3.05) is 19.8 Å². The Morgan fingerprint density at radius 3 is 2.21 bits per heavy atom. The molecule has 8 nitrogen and oxygen atoms in total. The first kappa shape index (κ1) is 18.4. The minimum Gasteiger partial charge on any atom is -0.464 e. The molecule has 0 bridgehead atoms. The molecule has 1 fully saturated rings. The van der Waals surface area contributed by atoms with E-state index < -0.39 is 18.4 Å². The highest BCUT2D eigenvalue weighted by Gasteiger charge is 2.48. The van der Waals surface area contributed by atoms with E-state index in [9.17, 15) is 9.59 Å². The molecule has 1 aliphatic carbocycles. The number of carbonyl (C=O) groups is 2. The Morgan fingerprint density at radius 1 is 1.00 bits per heavy atom. The summed E-state index contributed by atoms with van der Waals surface area (Å²) in [7, 11) is 0. The van der Waals surface area contributed by atoms with Crippen LogP contribution in [0.4, 0.5) is 9.59 Å². The fourth-order valence-corrected chi connectivity index (χ4v) is 3.21. The van der Waals surface area contributed by atoms with Crippen LogP contribution in [-0.4, -0.2) is 54.1 Å². The summed E-state index contributed by atoms with van der Waals surface area (Å²) in [6, 6.07) is 0.0968. The average Bonchev–Trinajstić information content (AvgIpc) is 2.96. The molecule has 0 saturated heterocycles. The molecule has 1 aliphatic heterocycles. The molecule has 2 amide bonds. The lowest BCUT2D eigenvalue weighted by atomic mass is 9.86. The summed E-state index contributed by atoms with van der Waals surface area (Å²) in [6.45, 7) is 6.10. The van der Waals surface area contributed by atoms with Crippen LogP contribution in [0.15, 0.2) is 5.10 Å². The number of carbonyl (C=O) groups excluding carboxylic acids is 2. The normalized spacial score (nSPS) is 21.5. The zero-order valence-corrected chi connectivity index (χ0v) is 14.7. The molecule has 0 aromatic heterocycles.